The molecule has 0 unspecified atom stereocenters. The molecule has 10 heteroatoms. The maximum absolute atomic E-state index is 12.5. The first-order valence-electron chi connectivity index (χ1n) is 8.99. The Morgan fingerprint density at radius 3 is 2.53 bits per heavy atom. The highest BCUT2D eigenvalue weighted by Crippen LogP contribution is 2.14. The minimum Gasteiger partial charge on any atom is -0.347 e. The van der Waals surface area contributed by atoms with Crippen LogP contribution in [0.2, 0.25) is 0 Å². The second kappa shape index (κ2) is 7.91. The van der Waals surface area contributed by atoms with Gasteiger partial charge >= 0.3 is 0 Å². The van der Waals surface area contributed by atoms with E-state index < -0.39 is 9.84 Å². The average Bonchev–Trinajstić information content (AvgIpc) is 3.44. The van der Waals surface area contributed by atoms with Crippen LogP contribution < -0.4 is 5.32 Å². The molecule has 0 saturated carbocycles. The Bertz CT molecular complexity index is 1280. The van der Waals surface area contributed by atoms with Crippen molar-refractivity contribution in [1.29, 1.82) is 0 Å². The van der Waals surface area contributed by atoms with Crippen LogP contribution in [0, 0.1) is 0 Å². The van der Waals surface area contributed by atoms with Crippen LogP contribution >= 0.6 is 0 Å². The summed E-state index contributed by atoms with van der Waals surface area (Å²) < 4.78 is 26.3. The molecule has 0 spiro atoms. The zero-order valence-electron chi connectivity index (χ0n) is 16.0. The first-order chi connectivity index (χ1) is 14.4. The Balaban J connectivity index is 1.42. The van der Waals surface area contributed by atoms with Crippen LogP contribution in [0.25, 0.3) is 11.5 Å². The Labute approximate surface area is 172 Å². The quantitative estimate of drug-likeness (QED) is 0.507. The number of rotatable bonds is 6. The molecule has 0 aliphatic heterocycles. The van der Waals surface area contributed by atoms with Gasteiger partial charge in [0.15, 0.2) is 15.7 Å². The summed E-state index contributed by atoms with van der Waals surface area (Å²) in [5.41, 5.74) is 1.79. The maximum Gasteiger partial charge on any atom is 0.270 e. The predicted octanol–water partition coefficient (Wildman–Crippen LogP) is 1.79. The van der Waals surface area contributed by atoms with Crippen molar-refractivity contribution in [2.75, 3.05) is 6.26 Å². The number of nitrogens with one attached hydrogen (secondary N) is 1. The smallest absolute Gasteiger partial charge is 0.270 e. The topological polar surface area (TPSA) is 112 Å². The number of hydrogen-bond donors (Lipinski definition) is 1. The average molecular weight is 422 g/mol. The van der Waals surface area contributed by atoms with E-state index in [0.29, 0.717) is 11.5 Å². The van der Waals surface area contributed by atoms with Crippen molar-refractivity contribution in [3.05, 3.63) is 84.6 Å². The van der Waals surface area contributed by atoms with Gasteiger partial charge in [-0.2, -0.15) is 10.2 Å². The number of pyridine rings is 1. The second-order valence-corrected chi connectivity index (χ2v) is 8.59. The van der Waals surface area contributed by atoms with E-state index >= 15 is 0 Å². The molecule has 4 rings (SSSR count). The summed E-state index contributed by atoms with van der Waals surface area (Å²) in [6, 6.07) is 13.3. The number of amides is 1. The molecule has 30 heavy (non-hydrogen) atoms. The van der Waals surface area contributed by atoms with E-state index in [2.05, 4.69) is 20.5 Å². The Hall–Kier alpha value is -3.79. The lowest BCUT2D eigenvalue weighted by molar-refractivity contribution is 0.0946. The van der Waals surface area contributed by atoms with Crippen LogP contribution in [0.5, 0.6) is 0 Å². The molecule has 9 nitrogen and oxygen atoms in total. The van der Waals surface area contributed by atoms with Crippen LogP contribution in [0.15, 0.2) is 78.2 Å². The van der Waals surface area contributed by atoms with E-state index in [9.17, 15) is 13.2 Å². The maximum atomic E-state index is 12.5. The highest BCUT2D eigenvalue weighted by Gasteiger charge is 2.11. The molecule has 1 N–H and O–H groups in total. The molecule has 0 radical (unpaired) electrons. The lowest BCUT2D eigenvalue weighted by atomic mass is 10.3. The number of benzene rings is 1. The highest BCUT2D eigenvalue weighted by molar-refractivity contribution is 7.90. The third kappa shape index (κ3) is 4.28. The van der Waals surface area contributed by atoms with Gasteiger partial charge < -0.3 is 5.32 Å². The van der Waals surface area contributed by atoms with Crippen LogP contribution in [0.1, 0.15) is 16.1 Å². The number of aromatic nitrogens is 5. The molecule has 0 bridgehead atoms. The zero-order valence-corrected chi connectivity index (χ0v) is 16.8. The molecule has 152 valence electrons. The fraction of sp³-hybridized carbons (Fsp3) is 0.100. The molecule has 0 aliphatic rings. The normalized spacial score (nSPS) is 11.4. The van der Waals surface area contributed by atoms with E-state index in [1.165, 1.54) is 12.1 Å². The molecule has 1 aromatic carbocycles. The van der Waals surface area contributed by atoms with Gasteiger partial charge in [-0.3, -0.25) is 4.79 Å². The first-order valence-corrected chi connectivity index (χ1v) is 10.9. The lowest BCUT2D eigenvalue weighted by Crippen LogP contribution is -2.24. The van der Waals surface area contributed by atoms with E-state index in [4.69, 9.17) is 0 Å². The molecule has 0 aliphatic carbocycles. The molecular weight excluding hydrogens is 404 g/mol. The first kappa shape index (κ1) is 19.5. The van der Waals surface area contributed by atoms with E-state index in [1.807, 2.05) is 0 Å². The van der Waals surface area contributed by atoms with Crippen molar-refractivity contribution in [1.82, 2.24) is 29.9 Å². The minimum atomic E-state index is -3.25. The molecule has 0 atom stereocenters. The molecule has 3 heterocycles. The van der Waals surface area contributed by atoms with Crippen molar-refractivity contribution in [3.8, 4) is 11.5 Å². The largest absolute Gasteiger partial charge is 0.347 e. The van der Waals surface area contributed by atoms with Crippen molar-refractivity contribution < 1.29 is 13.2 Å². The predicted molar refractivity (Wildman–Crippen MR) is 109 cm³/mol. The van der Waals surface area contributed by atoms with Crippen molar-refractivity contribution in [3.63, 3.8) is 0 Å². The molecule has 0 fully saturated rings. The molecule has 1 amide bonds. The summed E-state index contributed by atoms with van der Waals surface area (Å²) in [6.07, 6.45) is 7.96. The Morgan fingerprint density at radius 2 is 1.83 bits per heavy atom. The third-order valence-corrected chi connectivity index (χ3v) is 5.45. The molecule has 3 aromatic heterocycles. The van der Waals surface area contributed by atoms with E-state index in [1.54, 1.807) is 70.5 Å². The van der Waals surface area contributed by atoms with Crippen LogP contribution in [-0.2, 0) is 16.4 Å². The molecule has 0 saturated heterocycles. The fourth-order valence-electron chi connectivity index (χ4n) is 2.79. The van der Waals surface area contributed by atoms with Crippen LogP contribution in [0.4, 0.5) is 0 Å². The fourth-order valence-corrected chi connectivity index (χ4v) is 3.42. The Morgan fingerprint density at radius 1 is 1.03 bits per heavy atom. The summed E-state index contributed by atoms with van der Waals surface area (Å²) in [5, 5.41) is 11.2. The summed E-state index contributed by atoms with van der Waals surface area (Å²) in [5.74, 6) is 0.243. The highest BCUT2D eigenvalue weighted by atomic mass is 32.2. The SMILES string of the molecule is CS(=O)(=O)c1ccc(-n2cc(CNC(=O)c3cccc(-n4cccn4)n3)cn2)cc1. The van der Waals surface area contributed by atoms with Gasteiger partial charge in [-0.25, -0.2) is 22.8 Å². The van der Waals surface area contributed by atoms with Crippen molar-refractivity contribution >= 4 is 15.7 Å². The number of hydrogen-bond acceptors (Lipinski definition) is 6. The van der Waals surface area contributed by atoms with Gasteiger partial charge in [0.25, 0.3) is 5.91 Å². The summed E-state index contributed by atoms with van der Waals surface area (Å²) in [4.78, 5) is 17.0. The van der Waals surface area contributed by atoms with Crippen molar-refractivity contribution in [2.24, 2.45) is 0 Å². The van der Waals surface area contributed by atoms with Gasteiger partial charge in [-0.1, -0.05) is 6.07 Å². The third-order valence-electron chi connectivity index (χ3n) is 4.32. The number of carbonyl (C=O) groups is 1. The lowest BCUT2D eigenvalue weighted by Gasteiger charge is -2.05. The number of carbonyl (C=O) groups excluding carboxylic acids is 1. The summed E-state index contributed by atoms with van der Waals surface area (Å²) in [6.45, 7) is 0.272. The van der Waals surface area contributed by atoms with E-state index in [0.717, 1.165) is 11.8 Å². The van der Waals surface area contributed by atoms with Gasteiger partial charge in [0, 0.05) is 37.0 Å². The number of sulfone groups is 1. The monoisotopic (exact) mass is 422 g/mol. The molecular formula is C20H18N6O3S. The van der Waals surface area contributed by atoms with Gasteiger partial charge in [0.1, 0.15) is 5.69 Å². The van der Waals surface area contributed by atoms with Crippen molar-refractivity contribution in [2.45, 2.75) is 11.4 Å². The Kier molecular flexibility index (Phi) is 5.15. The minimum absolute atomic E-state index is 0.246. The summed E-state index contributed by atoms with van der Waals surface area (Å²) >= 11 is 0. The molecule has 4 aromatic rings. The van der Waals surface area contributed by atoms with Crippen LogP contribution in [0.3, 0.4) is 0 Å². The van der Waals surface area contributed by atoms with Gasteiger partial charge in [0.2, 0.25) is 0 Å². The van der Waals surface area contributed by atoms with E-state index in [-0.39, 0.29) is 23.0 Å². The van der Waals surface area contributed by atoms with Crippen LogP contribution in [-0.4, -0.2) is 45.1 Å². The zero-order chi connectivity index (χ0) is 21.1. The van der Waals surface area contributed by atoms with Gasteiger partial charge in [-0.05, 0) is 42.5 Å². The standard InChI is InChI=1S/C20H18N6O3S/c1-30(28,29)17-8-6-16(7-9-17)26-14-15(13-23-26)12-21-20(27)18-4-2-5-19(24-18)25-11-3-10-22-25/h2-11,13-14H,12H2,1H3,(H,21,27). The summed E-state index contributed by atoms with van der Waals surface area (Å²) in [7, 11) is -3.25. The van der Waals surface area contributed by atoms with Gasteiger partial charge in [-0.15, -0.1) is 0 Å². The van der Waals surface area contributed by atoms with Gasteiger partial charge in [0.05, 0.1) is 16.8 Å². The second-order valence-electron chi connectivity index (χ2n) is 6.57. The number of nitrogens with zero attached hydrogens (tertiary/aromatic N) is 5.